The Labute approximate surface area is 131 Å². The van der Waals surface area contributed by atoms with Crippen molar-refractivity contribution in [3.05, 3.63) is 71.3 Å². The largest absolute Gasteiger partial charge is 0.349 e. The fraction of sp³-hybridized carbons (Fsp3) is 0.263. The maximum atomic E-state index is 12.7. The van der Waals surface area contributed by atoms with E-state index >= 15 is 0 Å². The molecule has 0 bridgehead atoms. The molecule has 0 radical (unpaired) electrons. The Hall–Kier alpha value is -2.42. The fourth-order valence-corrected chi connectivity index (χ4v) is 2.51. The van der Waals surface area contributed by atoms with Crippen molar-refractivity contribution in [1.29, 1.82) is 0 Å². The average Bonchev–Trinajstić information content (AvgIpc) is 2.53. The van der Waals surface area contributed by atoms with Crippen molar-refractivity contribution in [3.8, 4) is 0 Å². The maximum Gasteiger partial charge on any atom is 0.217 e. The van der Waals surface area contributed by atoms with E-state index in [1.165, 1.54) is 6.92 Å². The van der Waals surface area contributed by atoms with Crippen LogP contribution in [0.1, 0.15) is 41.4 Å². The normalized spacial score (nSPS) is 13.2. The summed E-state index contributed by atoms with van der Waals surface area (Å²) in [7, 11) is 0. The lowest BCUT2D eigenvalue weighted by Gasteiger charge is -2.24. The van der Waals surface area contributed by atoms with Crippen LogP contribution in [-0.4, -0.2) is 11.7 Å². The van der Waals surface area contributed by atoms with E-state index in [0.717, 1.165) is 11.1 Å². The molecule has 0 saturated carbocycles. The third-order valence-electron chi connectivity index (χ3n) is 3.77. The van der Waals surface area contributed by atoms with E-state index in [-0.39, 0.29) is 23.7 Å². The lowest BCUT2D eigenvalue weighted by Crippen LogP contribution is -2.34. The highest BCUT2D eigenvalue weighted by Crippen LogP contribution is 2.25. The molecule has 0 spiro atoms. The monoisotopic (exact) mass is 295 g/mol. The standard InChI is InChI=1S/C19H21NO2/c1-13-9-11-16(12-10-13)18(20-15(3)21)14(2)19(22)17-7-5-4-6-8-17/h4-12,14,18H,1-3H3,(H,20,21). The van der Waals surface area contributed by atoms with Gasteiger partial charge in [0.2, 0.25) is 5.91 Å². The van der Waals surface area contributed by atoms with Gasteiger partial charge in [-0.25, -0.2) is 0 Å². The average molecular weight is 295 g/mol. The van der Waals surface area contributed by atoms with E-state index in [9.17, 15) is 9.59 Å². The third-order valence-corrected chi connectivity index (χ3v) is 3.77. The summed E-state index contributed by atoms with van der Waals surface area (Å²) in [5.74, 6) is -0.452. The van der Waals surface area contributed by atoms with Crippen LogP contribution >= 0.6 is 0 Å². The molecule has 2 atom stereocenters. The minimum Gasteiger partial charge on any atom is -0.349 e. The molecular formula is C19H21NO2. The molecule has 0 aromatic heterocycles. The highest BCUT2D eigenvalue weighted by atomic mass is 16.1. The summed E-state index contributed by atoms with van der Waals surface area (Å²) in [6.45, 7) is 5.34. The summed E-state index contributed by atoms with van der Waals surface area (Å²) in [5, 5.41) is 2.91. The molecule has 1 N–H and O–H groups in total. The van der Waals surface area contributed by atoms with Crippen LogP contribution in [-0.2, 0) is 4.79 Å². The minimum atomic E-state index is -0.339. The van der Waals surface area contributed by atoms with Gasteiger partial charge in [-0.1, -0.05) is 67.1 Å². The molecule has 0 heterocycles. The number of benzene rings is 2. The molecule has 0 aliphatic carbocycles. The summed E-state index contributed by atoms with van der Waals surface area (Å²) < 4.78 is 0. The first-order valence-electron chi connectivity index (χ1n) is 7.42. The highest BCUT2D eigenvalue weighted by molar-refractivity contribution is 5.98. The zero-order valence-corrected chi connectivity index (χ0v) is 13.2. The molecule has 0 fully saturated rings. The molecule has 22 heavy (non-hydrogen) atoms. The number of nitrogens with one attached hydrogen (secondary N) is 1. The van der Waals surface area contributed by atoms with Gasteiger partial charge < -0.3 is 5.32 Å². The number of carbonyl (C=O) groups excluding carboxylic acids is 2. The van der Waals surface area contributed by atoms with Gasteiger partial charge in [0.1, 0.15) is 0 Å². The number of aryl methyl sites for hydroxylation is 1. The Morgan fingerprint density at radius 3 is 2.09 bits per heavy atom. The number of carbonyl (C=O) groups is 2. The van der Waals surface area contributed by atoms with Gasteiger partial charge in [0.25, 0.3) is 0 Å². The second-order valence-electron chi connectivity index (χ2n) is 5.61. The molecule has 114 valence electrons. The summed E-state index contributed by atoms with van der Waals surface area (Å²) in [4.78, 5) is 24.2. The summed E-state index contributed by atoms with van der Waals surface area (Å²) in [6, 6.07) is 16.8. The number of Topliss-reactive ketones (excluding diaryl/α,β-unsaturated/α-hetero) is 1. The smallest absolute Gasteiger partial charge is 0.217 e. The van der Waals surface area contributed by atoms with Gasteiger partial charge >= 0.3 is 0 Å². The summed E-state index contributed by atoms with van der Waals surface area (Å²) >= 11 is 0. The molecule has 3 heteroatoms. The van der Waals surface area contributed by atoms with Crippen molar-refractivity contribution in [1.82, 2.24) is 5.32 Å². The highest BCUT2D eigenvalue weighted by Gasteiger charge is 2.26. The Morgan fingerprint density at radius 2 is 1.55 bits per heavy atom. The van der Waals surface area contributed by atoms with Crippen molar-refractivity contribution in [2.45, 2.75) is 26.8 Å². The SMILES string of the molecule is CC(=O)NC(c1ccc(C)cc1)C(C)C(=O)c1ccccc1. The van der Waals surface area contributed by atoms with Gasteiger partial charge in [0, 0.05) is 18.4 Å². The quantitative estimate of drug-likeness (QED) is 0.855. The Morgan fingerprint density at radius 1 is 0.955 bits per heavy atom. The van der Waals surface area contributed by atoms with Crippen LogP contribution in [0.5, 0.6) is 0 Å². The van der Waals surface area contributed by atoms with Crippen molar-refractivity contribution in [2.24, 2.45) is 5.92 Å². The maximum absolute atomic E-state index is 12.7. The Balaban J connectivity index is 2.30. The molecule has 3 nitrogen and oxygen atoms in total. The van der Waals surface area contributed by atoms with Gasteiger partial charge in [-0.15, -0.1) is 0 Å². The van der Waals surface area contributed by atoms with Gasteiger partial charge in [0.15, 0.2) is 5.78 Å². The van der Waals surface area contributed by atoms with E-state index in [1.54, 1.807) is 12.1 Å². The predicted octanol–water partition coefficient (Wildman–Crippen LogP) is 3.69. The molecular weight excluding hydrogens is 274 g/mol. The number of hydrogen-bond acceptors (Lipinski definition) is 2. The van der Waals surface area contributed by atoms with E-state index < -0.39 is 0 Å². The van der Waals surface area contributed by atoms with Crippen LogP contribution in [0.15, 0.2) is 54.6 Å². The van der Waals surface area contributed by atoms with E-state index in [0.29, 0.717) is 5.56 Å². The van der Waals surface area contributed by atoms with Crippen molar-refractivity contribution in [2.75, 3.05) is 0 Å². The molecule has 2 rings (SSSR count). The fourth-order valence-electron chi connectivity index (χ4n) is 2.51. The first-order chi connectivity index (χ1) is 10.5. The Kier molecular flexibility index (Phi) is 5.10. The molecule has 1 amide bonds. The Bertz CT molecular complexity index is 647. The van der Waals surface area contributed by atoms with Crippen molar-refractivity contribution < 1.29 is 9.59 Å². The number of ketones is 1. The van der Waals surface area contributed by atoms with Crippen LogP contribution in [0.2, 0.25) is 0 Å². The molecule has 2 aromatic carbocycles. The van der Waals surface area contributed by atoms with E-state index in [4.69, 9.17) is 0 Å². The lowest BCUT2D eigenvalue weighted by atomic mass is 9.87. The number of hydrogen-bond donors (Lipinski definition) is 1. The molecule has 2 unspecified atom stereocenters. The number of rotatable bonds is 5. The van der Waals surface area contributed by atoms with Gasteiger partial charge in [0.05, 0.1) is 6.04 Å². The van der Waals surface area contributed by atoms with Crippen molar-refractivity contribution >= 4 is 11.7 Å². The van der Waals surface area contributed by atoms with Gasteiger partial charge in [-0.2, -0.15) is 0 Å². The zero-order chi connectivity index (χ0) is 16.1. The van der Waals surface area contributed by atoms with Crippen LogP contribution in [0.3, 0.4) is 0 Å². The lowest BCUT2D eigenvalue weighted by molar-refractivity contribution is -0.119. The van der Waals surface area contributed by atoms with Gasteiger partial charge in [-0.05, 0) is 12.5 Å². The van der Waals surface area contributed by atoms with Crippen LogP contribution in [0.25, 0.3) is 0 Å². The second kappa shape index (κ2) is 7.03. The molecule has 0 aliphatic heterocycles. The van der Waals surface area contributed by atoms with E-state index in [1.807, 2.05) is 56.3 Å². The third kappa shape index (κ3) is 3.82. The first kappa shape index (κ1) is 16.0. The summed E-state index contributed by atoms with van der Waals surface area (Å²) in [5.41, 5.74) is 2.75. The first-order valence-corrected chi connectivity index (χ1v) is 7.42. The van der Waals surface area contributed by atoms with Crippen molar-refractivity contribution in [3.63, 3.8) is 0 Å². The minimum absolute atomic E-state index is 0.0277. The molecule has 0 aliphatic rings. The van der Waals surface area contributed by atoms with E-state index in [2.05, 4.69) is 5.32 Å². The predicted molar refractivity (Wildman–Crippen MR) is 87.7 cm³/mol. The zero-order valence-electron chi connectivity index (χ0n) is 13.2. The molecule has 0 saturated heterocycles. The number of amides is 1. The van der Waals surface area contributed by atoms with Crippen LogP contribution < -0.4 is 5.32 Å². The summed E-state index contributed by atoms with van der Waals surface area (Å²) in [6.07, 6.45) is 0. The second-order valence-corrected chi connectivity index (χ2v) is 5.61. The van der Waals surface area contributed by atoms with Crippen LogP contribution in [0, 0.1) is 12.8 Å². The van der Waals surface area contributed by atoms with Gasteiger partial charge in [-0.3, -0.25) is 9.59 Å². The molecule has 2 aromatic rings. The topological polar surface area (TPSA) is 46.2 Å². The van der Waals surface area contributed by atoms with Crippen LogP contribution in [0.4, 0.5) is 0 Å².